The summed E-state index contributed by atoms with van der Waals surface area (Å²) in [6, 6.07) is 18.4. The maximum absolute atomic E-state index is 5.80. The second-order valence-corrected chi connectivity index (χ2v) is 5.46. The van der Waals surface area contributed by atoms with Crippen LogP contribution in [0.5, 0.6) is 0 Å². The van der Waals surface area contributed by atoms with Gasteiger partial charge in [-0.2, -0.15) is 0 Å². The fourth-order valence-corrected chi connectivity index (χ4v) is 2.50. The van der Waals surface area contributed by atoms with Crippen LogP contribution < -0.4 is 10.6 Å². The summed E-state index contributed by atoms with van der Waals surface area (Å²) in [5.41, 5.74) is 3.44. The molecular formula is C19H22IN3O. The van der Waals surface area contributed by atoms with E-state index in [4.69, 9.17) is 4.42 Å². The molecule has 5 heteroatoms. The average Bonchev–Trinajstić information content (AvgIpc) is 2.99. The predicted molar refractivity (Wildman–Crippen MR) is 110 cm³/mol. The van der Waals surface area contributed by atoms with Gasteiger partial charge in [-0.05, 0) is 30.2 Å². The first-order valence-electron chi connectivity index (χ1n) is 7.73. The molecule has 0 saturated heterocycles. The molecule has 1 aromatic heterocycles. The van der Waals surface area contributed by atoms with Crippen molar-refractivity contribution in [2.45, 2.75) is 20.0 Å². The molecule has 0 atom stereocenters. The summed E-state index contributed by atoms with van der Waals surface area (Å²) in [5.74, 6) is 1.65. The van der Waals surface area contributed by atoms with Crippen molar-refractivity contribution in [3.63, 3.8) is 0 Å². The Morgan fingerprint density at radius 2 is 1.71 bits per heavy atom. The van der Waals surface area contributed by atoms with Crippen LogP contribution in [0.4, 0.5) is 0 Å². The highest BCUT2D eigenvalue weighted by Gasteiger charge is 2.05. The van der Waals surface area contributed by atoms with Gasteiger partial charge in [0, 0.05) is 19.0 Å². The number of rotatable bonds is 4. The van der Waals surface area contributed by atoms with Crippen LogP contribution in [0.3, 0.4) is 0 Å². The van der Waals surface area contributed by atoms with Gasteiger partial charge in [0.2, 0.25) is 0 Å². The topological polar surface area (TPSA) is 49.6 Å². The summed E-state index contributed by atoms with van der Waals surface area (Å²) in [6.07, 6.45) is 0. The van der Waals surface area contributed by atoms with Gasteiger partial charge in [0.15, 0.2) is 5.96 Å². The number of halogens is 1. The Bertz CT molecular complexity index is 793. The molecule has 0 bridgehead atoms. The maximum atomic E-state index is 5.80. The molecular weight excluding hydrogens is 413 g/mol. The monoisotopic (exact) mass is 435 g/mol. The van der Waals surface area contributed by atoms with Crippen molar-refractivity contribution in [2.75, 3.05) is 7.05 Å². The molecule has 0 saturated carbocycles. The first-order valence-corrected chi connectivity index (χ1v) is 7.73. The minimum Gasteiger partial charge on any atom is -0.459 e. The zero-order valence-electron chi connectivity index (χ0n) is 13.9. The van der Waals surface area contributed by atoms with Gasteiger partial charge >= 0.3 is 0 Å². The van der Waals surface area contributed by atoms with Crippen molar-refractivity contribution in [1.82, 2.24) is 10.6 Å². The molecule has 2 N–H and O–H groups in total. The predicted octanol–water partition coefficient (Wildman–Crippen LogP) is 4.22. The highest BCUT2D eigenvalue weighted by atomic mass is 127. The van der Waals surface area contributed by atoms with Gasteiger partial charge in [0.1, 0.15) is 11.3 Å². The summed E-state index contributed by atoms with van der Waals surface area (Å²) in [5, 5.41) is 7.73. The summed E-state index contributed by atoms with van der Waals surface area (Å²) in [7, 11) is 1.77. The van der Waals surface area contributed by atoms with Crippen LogP contribution in [-0.2, 0) is 13.1 Å². The maximum Gasteiger partial charge on any atom is 0.191 e. The van der Waals surface area contributed by atoms with E-state index < -0.39 is 0 Å². The van der Waals surface area contributed by atoms with Crippen molar-refractivity contribution in [1.29, 1.82) is 0 Å². The normalized spacial score (nSPS) is 11.2. The lowest BCUT2D eigenvalue weighted by Gasteiger charge is -2.12. The lowest BCUT2D eigenvalue weighted by Crippen LogP contribution is -2.36. The first-order chi connectivity index (χ1) is 11.3. The fraction of sp³-hybridized carbons (Fsp3) is 0.211. The van der Waals surface area contributed by atoms with E-state index >= 15 is 0 Å². The van der Waals surface area contributed by atoms with Crippen molar-refractivity contribution in [3.05, 3.63) is 71.5 Å². The number of benzene rings is 2. The molecule has 0 fully saturated rings. The molecule has 0 unspecified atom stereocenters. The van der Waals surface area contributed by atoms with Crippen molar-refractivity contribution < 1.29 is 4.42 Å². The Kier molecular flexibility index (Phi) is 6.66. The Hall–Kier alpha value is -2.02. The van der Waals surface area contributed by atoms with Crippen LogP contribution in [-0.4, -0.2) is 13.0 Å². The number of hydrogen-bond donors (Lipinski definition) is 2. The Labute approximate surface area is 159 Å². The van der Waals surface area contributed by atoms with Gasteiger partial charge in [-0.25, -0.2) is 0 Å². The second-order valence-electron chi connectivity index (χ2n) is 5.46. The Morgan fingerprint density at radius 1 is 1.00 bits per heavy atom. The van der Waals surface area contributed by atoms with Crippen LogP contribution in [0.25, 0.3) is 11.0 Å². The third kappa shape index (κ3) is 4.50. The van der Waals surface area contributed by atoms with E-state index in [-0.39, 0.29) is 24.0 Å². The molecule has 1 heterocycles. The van der Waals surface area contributed by atoms with Gasteiger partial charge in [-0.1, -0.05) is 42.5 Å². The third-order valence-electron chi connectivity index (χ3n) is 3.84. The smallest absolute Gasteiger partial charge is 0.191 e. The number of aryl methyl sites for hydroxylation is 1. The number of fused-ring (bicyclic) bond motifs is 1. The highest BCUT2D eigenvalue weighted by Crippen LogP contribution is 2.18. The second kappa shape index (κ2) is 8.73. The first kappa shape index (κ1) is 18.3. The van der Waals surface area contributed by atoms with Crippen molar-refractivity contribution in [3.8, 4) is 0 Å². The molecule has 126 valence electrons. The van der Waals surface area contributed by atoms with Crippen LogP contribution in [0.1, 0.15) is 16.9 Å². The molecule has 0 aliphatic carbocycles. The minimum absolute atomic E-state index is 0. The Morgan fingerprint density at radius 3 is 2.46 bits per heavy atom. The molecule has 24 heavy (non-hydrogen) atoms. The quantitative estimate of drug-likeness (QED) is 0.367. The molecule has 4 nitrogen and oxygen atoms in total. The lowest BCUT2D eigenvalue weighted by molar-refractivity contribution is 0.538. The molecule has 0 amide bonds. The van der Waals surface area contributed by atoms with Gasteiger partial charge in [-0.15, -0.1) is 24.0 Å². The Balaban J connectivity index is 0.00000208. The number of guanidine groups is 1. The summed E-state index contributed by atoms with van der Waals surface area (Å²) in [4.78, 5) is 4.25. The van der Waals surface area contributed by atoms with Crippen LogP contribution in [0.2, 0.25) is 0 Å². The number of para-hydroxylation sites is 1. The van der Waals surface area contributed by atoms with E-state index in [2.05, 4.69) is 46.8 Å². The fourth-order valence-electron chi connectivity index (χ4n) is 2.50. The average molecular weight is 435 g/mol. The van der Waals surface area contributed by atoms with Gasteiger partial charge < -0.3 is 15.1 Å². The van der Waals surface area contributed by atoms with Crippen LogP contribution >= 0.6 is 24.0 Å². The summed E-state index contributed by atoms with van der Waals surface area (Å²) >= 11 is 0. The number of nitrogens with one attached hydrogen (secondary N) is 2. The largest absolute Gasteiger partial charge is 0.459 e. The van der Waals surface area contributed by atoms with E-state index in [1.807, 2.05) is 30.3 Å². The molecule has 2 aromatic carbocycles. The summed E-state index contributed by atoms with van der Waals surface area (Å²) in [6.45, 7) is 3.45. The van der Waals surface area contributed by atoms with Gasteiger partial charge in [0.05, 0.1) is 6.54 Å². The molecule has 0 aliphatic rings. The van der Waals surface area contributed by atoms with E-state index in [9.17, 15) is 0 Å². The van der Waals surface area contributed by atoms with Crippen LogP contribution in [0, 0.1) is 6.92 Å². The van der Waals surface area contributed by atoms with Crippen molar-refractivity contribution >= 4 is 40.9 Å². The van der Waals surface area contributed by atoms with E-state index in [0.717, 1.165) is 29.2 Å². The van der Waals surface area contributed by atoms with Gasteiger partial charge in [0.25, 0.3) is 0 Å². The van der Waals surface area contributed by atoms with Crippen molar-refractivity contribution in [2.24, 2.45) is 4.99 Å². The highest BCUT2D eigenvalue weighted by molar-refractivity contribution is 14.0. The third-order valence-corrected chi connectivity index (χ3v) is 3.84. The zero-order chi connectivity index (χ0) is 16.1. The van der Waals surface area contributed by atoms with E-state index in [1.165, 1.54) is 11.1 Å². The summed E-state index contributed by atoms with van der Waals surface area (Å²) < 4.78 is 5.80. The molecule has 3 rings (SSSR count). The number of nitrogens with zero attached hydrogens (tertiary/aromatic N) is 1. The SMILES string of the molecule is CN=C(NCc1cc2ccccc2o1)NCc1ccccc1C.I. The van der Waals surface area contributed by atoms with Gasteiger partial charge in [-0.3, -0.25) is 4.99 Å². The van der Waals surface area contributed by atoms with Crippen LogP contribution in [0.15, 0.2) is 64.0 Å². The lowest BCUT2D eigenvalue weighted by atomic mass is 10.1. The zero-order valence-corrected chi connectivity index (χ0v) is 16.2. The standard InChI is InChI=1S/C19H21N3O.HI/c1-14-7-3-4-9-16(14)12-21-19(20-2)22-13-17-11-15-8-5-6-10-18(15)23-17;/h3-11H,12-13H2,1-2H3,(H2,20,21,22);1H. The number of hydrogen-bond acceptors (Lipinski definition) is 2. The minimum atomic E-state index is 0. The molecule has 0 aliphatic heterocycles. The number of furan rings is 1. The van der Waals surface area contributed by atoms with E-state index in [1.54, 1.807) is 7.05 Å². The van der Waals surface area contributed by atoms with E-state index in [0.29, 0.717) is 6.54 Å². The molecule has 0 spiro atoms. The molecule has 0 radical (unpaired) electrons. The molecule has 3 aromatic rings. The number of aliphatic imine (C=N–C) groups is 1.